The third-order valence-corrected chi connectivity index (χ3v) is 3.08. The maximum Gasteiger partial charge on any atom is 0.223 e. The molecule has 0 aliphatic rings. The van der Waals surface area contributed by atoms with Crippen LogP contribution in [0.3, 0.4) is 0 Å². The predicted molar refractivity (Wildman–Crippen MR) is 86.5 cm³/mol. The van der Waals surface area contributed by atoms with Crippen LogP contribution in [-0.4, -0.2) is 37.2 Å². The van der Waals surface area contributed by atoms with E-state index in [9.17, 15) is 9.59 Å². The predicted octanol–water partition coefficient (Wildman–Crippen LogP) is 3.10. The Morgan fingerprint density at radius 2 is 1.95 bits per heavy atom. The Balaban J connectivity index is 2.97. The fraction of sp³-hybridized carbons (Fsp3) is 0.412. The fourth-order valence-corrected chi connectivity index (χ4v) is 1.92. The molecule has 4 nitrogen and oxygen atoms in total. The molecule has 0 aliphatic carbocycles. The SMILES string of the molecule is CCCCN(C(C)=O)c1cccc(C(=O)C=CN(C)C)c1. The van der Waals surface area contributed by atoms with Gasteiger partial charge in [0.05, 0.1) is 0 Å². The molecule has 0 fully saturated rings. The minimum Gasteiger partial charge on any atom is -0.383 e. The summed E-state index contributed by atoms with van der Waals surface area (Å²) in [6.07, 6.45) is 5.21. The summed E-state index contributed by atoms with van der Waals surface area (Å²) >= 11 is 0. The summed E-state index contributed by atoms with van der Waals surface area (Å²) in [4.78, 5) is 27.4. The zero-order valence-electron chi connectivity index (χ0n) is 13.3. The number of carbonyl (C=O) groups excluding carboxylic acids is 2. The highest BCUT2D eigenvalue weighted by atomic mass is 16.2. The van der Waals surface area contributed by atoms with Crippen LogP contribution in [0.15, 0.2) is 36.5 Å². The van der Waals surface area contributed by atoms with Crippen molar-refractivity contribution >= 4 is 17.4 Å². The van der Waals surface area contributed by atoms with Crippen molar-refractivity contribution in [1.29, 1.82) is 0 Å². The molecule has 0 atom stereocenters. The van der Waals surface area contributed by atoms with E-state index in [2.05, 4.69) is 6.92 Å². The van der Waals surface area contributed by atoms with Gasteiger partial charge >= 0.3 is 0 Å². The van der Waals surface area contributed by atoms with Crippen LogP contribution in [0.5, 0.6) is 0 Å². The number of nitrogens with zero attached hydrogens (tertiary/aromatic N) is 2. The molecule has 0 spiro atoms. The van der Waals surface area contributed by atoms with E-state index in [0.717, 1.165) is 18.5 Å². The molecule has 0 bridgehead atoms. The summed E-state index contributed by atoms with van der Waals surface area (Å²) in [7, 11) is 3.73. The second kappa shape index (κ2) is 8.25. The first kappa shape index (κ1) is 17.0. The van der Waals surface area contributed by atoms with Crippen molar-refractivity contribution in [3.8, 4) is 0 Å². The van der Waals surface area contributed by atoms with Gasteiger partial charge in [0.1, 0.15) is 0 Å². The first-order valence-electron chi connectivity index (χ1n) is 7.22. The van der Waals surface area contributed by atoms with E-state index < -0.39 is 0 Å². The number of carbonyl (C=O) groups is 2. The number of hydrogen-bond acceptors (Lipinski definition) is 3. The Bertz CT molecular complexity index is 521. The summed E-state index contributed by atoms with van der Waals surface area (Å²) in [5.41, 5.74) is 1.37. The van der Waals surface area contributed by atoms with E-state index in [0.29, 0.717) is 12.1 Å². The monoisotopic (exact) mass is 288 g/mol. The van der Waals surface area contributed by atoms with Gasteiger partial charge in [-0.2, -0.15) is 0 Å². The normalized spacial score (nSPS) is 10.7. The molecule has 0 aliphatic heterocycles. The van der Waals surface area contributed by atoms with E-state index in [1.165, 1.54) is 6.08 Å². The van der Waals surface area contributed by atoms with Crippen LogP contribution in [0.2, 0.25) is 0 Å². The lowest BCUT2D eigenvalue weighted by molar-refractivity contribution is -0.116. The maximum absolute atomic E-state index is 12.1. The van der Waals surface area contributed by atoms with Crippen molar-refractivity contribution in [2.24, 2.45) is 0 Å². The molecule has 0 radical (unpaired) electrons. The van der Waals surface area contributed by atoms with Crippen molar-refractivity contribution in [1.82, 2.24) is 4.90 Å². The molecule has 114 valence electrons. The average molecular weight is 288 g/mol. The standard InChI is InChI=1S/C17H24N2O2/c1-5-6-11-19(14(2)20)16-9-7-8-15(13-16)17(21)10-12-18(3)4/h7-10,12-13H,5-6,11H2,1-4H3. The van der Waals surface area contributed by atoms with E-state index in [-0.39, 0.29) is 11.7 Å². The van der Waals surface area contributed by atoms with Crippen molar-refractivity contribution in [2.45, 2.75) is 26.7 Å². The number of rotatable bonds is 7. The summed E-state index contributed by atoms with van der Waals surface area (Å²) in [5.74, 6) is -0.0681. The van der Waals surface area contributed by atoms with Crippen LogP contribution in [0.4, 0.5) is 5.69 Å². The summed E-state index contributed by atoms with van der Waals surface area (Å²) in [6, 6.07) is 7.22. The molecular weight excluding hydrogens is 264 g/mol. The lowest BCUT2D eigenvalue weighted by Gasteiger charge is -2.21. The number of hydrogen-bond donors (Lipinski definition) is 0. The van der Waals surface area contributed by atoms with Gasteiger partial charge in [-0.1, -0.05) is 25.5 Å². The Labute approximate surface area is 127 Å². The zero-order valence-corrected chi connectivity index (χ0v) is 13.3. The Kier molecular flexibility index (Phi) is 6.66. The highest BCUT2D eigenvalue weighted by molar-refractivity contribution is 6.05. The van der Waals surface area contributed by atoms with Gasteiger partial charge in [-0.3, -0.25) is 9.59 Å². The van der Waals surface area contributed by atoms with Crippen LogP contribution in [-0.2, 0) is 4.79 Å². The Morgan fingerprint density at radius 3 is 2.52 bits per heavy atom. The Morgan fingerprint density at radius 1 is 1.24 bits per heavy atom. The van der Waals surface area contributed by atoms with Crippen molar-refractivity contribution in [3.05, 3.63) is 42.1 Å². The number of benzene rings is 1. The van der Waals surface area contributed by atoms with E-state index in [1.54, 1.807) is 30.2 Å². The number of unbranched alkanes of at least 4 members (excludes halogenated alkanes) is 1. The van der Waals surface area contributed by atoms with Gasteiger partial charge < -0.3 is 9.80 Å². The summed E-state index contributed by atoms with van der Waals surface area (Å²) in [5, 5.41) is 0. The number of allylic oxidation sites excluding steroid dienone is 1. The molecule has 1 aromatic carbocycles. The number of amides is 1. The van der Waals surface area contributed by atoms with Crippen LogP contribution >= 0.6 is 0 Å². The third kappa shape index (κ3) is 5.42. The van der Waals surface area contributed by atoms with E-state index in [4.69, 9.17) is 0 Å². The fourth-order valence-electron chi connectivity index (χ4n) is 1.92. The van der Waals surface area contributed by atoms with Gasteiger partial charge in [0.2, 0.25) is 5.91 Å². The molecule has 1 amide bonds. The van der Waals surface area contributed by atoms with Gasteiger partial charge in [0.25, 0.3) is 0 Å². The van der Waals surface area contributed by atoms with Crippen LogP contribution < -0.4 is 4.90 Å². The first-order chi connectivity index (χ1) is 9.95. The highest BCUT2D eigenvalue weighted by Crippen LogP contribution is 2.18. The molecule has 0 aromatic heterocycles. The summed E-state index contributed by atoms with van der Waals surface area (Å²) < 4.78 is 0. The van der Waals surface area contributed by atoms with Crippen molar-refractivity contribution in [2.75, 3.05) is 25.5 Å². The van der Waals surface area contributed by atoms with Crippen molar-refractivity contribution in [3.63, 3.8) is 0 Å². The van der Waals surface area contributed by atoms with Gasteiger partial charge in [0, 0.05) is 51.1 Å². The second-order valence-corrected chi connectivity index (χ2v) is 5.22. The average Bonchev–Trinajstić information content (AvgIpc) is 2.45. The molecule has 21 heavy (non-hydrogen) atoms. The maximum atomic E-state index is 12.1. The molecule has 0 saturated carbocycles. The molecular formula is C17H24N2O2. The molecule has 1 aromatic rings. The van der Waals surface area contributed by atoms with Crippen molar-refractivity contribution < 1.29 is 9.59 Å². The van der Waals surface area contributed by atoms with Gasteiger partial charge in [-0.15, -0.1) is 0 Å². The van der Waals surface area contributed by atoms with Gasteiger partial charge in [-0.25, -0.2) is 0 Å². The topological polar surface area (TPSA) is 40.6 Å². The molecule has 0 heterocycles. The first-order valence-corrected chi connectivity index (χ1v) is 7.22. The molecule has 4 heteroatoms. The van der Waals surface area contributed by atoms with Gasteiger partial charge in [0.15, 0.2) is 5.78 Å². The molecule has 0 unspecified atom stereocenters. The van der Waals surface area contributed by atoms with Crippen LogP contribution in [0.1, 0.15) is 37.0 Å². The number of ketones is 1. The zero-order chi connectivity index (χ0) is 15.8. The molecule has 0 N–H and O–H groups in total. The second-order valence-electron chi connectivity index (χ2n) is 5.22. The lowest BCUT2D eigenvalue weighted by atomic mass is 10.1. The largest absolute Gasteiger partial charge is 0.383 e. The molecule has 1 rings (SSSR count). The van der Waals surface area contributed by atoms with Crippen LogP contribution in [0.25, 0.3) is 0 Å². The van der Waals surface area contributed by atoms with Gasteiger partial charge in [-0.05, 0) is 18.6 Å². The third-order valence-electron chi connectivity index (χ3n) is 3.08. The molecule has 0 saturated heterocycles. The van der Waals surface area contributed by atoms with E-state index >= 15 is 0 Å². The summed E-state index contributed by atoms with van der Waals surface area (Å²) in [6.45, 7) is 4.32. The number of anilines is 1. The van der Waals surface area contributed by atoms with E-state index in [1.807, 2.05) is 31.1 Å². The minimum atomic E-state index is -0.0652. The highest BCUT2D eigenvalue weighted by Gasteiger charge is 2.12. The smallest absolute Gasteiger partial charge is 0.223 e. The minimum absolute atomic E-state index is 0.00289. The van der Waals surface area contributed by atoms with Crippen LogP contribution in [0, 0.1) is 0 Å². The Hall–Kier alpha value is -2.10. The lowest BCUT2D eigenvalue weighted by Crippen LogP contribution is -2.29. The quantitative estimate of drug-likeness (QED) is 0.572.